The number of aromatic carboxylic acids is 2. The molecule has 4 N–H and O–H groups in total. The number of benzene rings is 2. The number of halogens is 1. The van der Waals surface area contributed by atoms with Crippen LogP contribution < -0.4 is 0 Å². The summed E-state index contributed by atoms with van der Waals surface area (Å²) in [5.74, 6) is -1.80. The molecule has 0 spiro atoms. The van der Waals surface area contributed by atoms with Crippen molar-refractivity contribution in [1.82, 2.24) is 9.97 Å². The van der Waals surface area contributed by atoms with Gasteiger partial charge in [0.05, 0.1) is 11.1 Å². The van der Waals surface area contributed by atoms with Crippen molar-refractivity contribution in [3.05, 3.63) is 70.5 Å². The third-order valence-electron chi connectivity index (χ3n) is 3.69. The Morgan fingerprint density at radius 3 is 2.00 bits per heavy atom. The zero-order valence-electron chi connectivity index (χ0n) is 12.8. The molecule has 0 saturated carbocycles. The molecule has 0 aliphatic rings. The van der Waals surface area contributed by atoms with Gasteiger partial charge in [-0.15, -0.1) is 0 Å². The van der Waals surface area contributed by atoms with E-state index in [-0.39, 0.29) is 0 Å². The van der Waals surface area contributed by atoms with Crippen molar-refractivity contribution < 1.29 is 19.8 Å². The molecule has 0 fully saturated rings. The highest BCUT2D eigenvalue weighted by atomic mass is 79.9. The minimum atomic E-state index is -0.909. The summed E-state index contributed by atoms with van der Waals surface area (Å²) in [5, 5.41) is 19.0. The molecule has 25 heavy (non-hydrogen) atoms. The number of aromatic amines is 2. The number of hydrogen-bond acceptors (Lipinski definition) is 2. The van der Waals surface area contributed by atoms with Crippen LogP contribution in [-0.2, 0) is 0 Å². The number of carboxylic acids is 2. The average Bonchev–Trinajstić information content (AvgIpc) is 3.18. The lowest BCUT2D eigenvalue weighted by molar-refractivity contribution is 0.0688. The number of carbonyl (C=O) groups is 2. The summed E-state index contributed by atoms with van der Waals surface area (Å²) in [7, 11) is 0. The number of H-pyrrole nitrogens is 2. The van der Waals surface area contributed by atoms with E-state index in [1.54, 1.807) is 12.1 Å². The molecular weight excluding hydrogens is 388 g/mol. The highest BCUT2D eigenvalue weighted by molar-refractivity contribution is 9.10. The maximum atomic E-state index is 10.7. The Morgan fingerprint density at radius 1 is 0.800 bits per heavy atom. The normalized spacial score (nSPS) is 10.4. The Hall–Kier alpha value is -3.06. The highest BCUT2D eigenvalue weighted by Crippen LogP contribution is 2.22. The third-order valence-corrected chi connectivity index (χ3v) is 4.19. The Labute approximate surface area is 150 Å². The lowest BCUT2D eigenvalue weighted by Crippen LogP contribution is -1.93. The molecule has 7 heteroatoms. The van der Waals surface area contributed by atoms with E-state index in [2.05, 4.69) is 25.9 Å². The van der Waals surface area contributed by atoms with Crippen LogP contribution in [0.4, 0.5) is 0 Å². The number of nitrogens with one attached hydrogen (secondary N) is 2. The van der Waals surface area contributed by atoms with Crippen molar-refractivity contribution in [2.75, 3.05) is 0 Å². The van der Waals surface area contributed by atoms with E-state index in [0.29, 0.717) is 11.1 Å². The van der Waals surface area contributed by atoms with E-state index in [4.69, 9.17) is 10.2 Å². The summed E-state index contributed by atoms with van der Waals surface area (Å²) in [6.07, 6.45) is 3.01. The molecule has 0 bridgehead atoms. The van der Waals surface area contributed by atoms with Crippen LogP contribution in [0.3, 0.4) is 0 Å². The summed E-state index contributed by atoms with van der Waals surface area (Å²) >= 11 is 3.31. The molecule has 4 aromatic rings. The summed E-state index contributed by atoms with van der Waals surface area (Å²) in [5.41, 5.74) is 2.31. The minimum Gasteiger partial charge on any atom is -0.478 e. The Kier molecular flexibility index (Phi) is 4.58. The zero-order chi connectivity index (χ0) is 18.0. The van der Waals surface area contributed by atoms with Crippen molar-refractivity contribution in [3.8, 4) is 0 Å². The third kappa shape index (κ3) is 3.41. The van der Waals surface area contributed by atoms with Crippen LogP contribution >= 0.6 is 15.9 Å². The quantitative estimate of drug-likeness (QED) is 0.397. The molecule has 0 radical (unpaired) electrons. The van der Waals surface area contributed by atoms with Crippen LogP contribution in [0.1, 0.15) is 20.7 Å². The van der Waals surface area contributed by atoms with E-state index in [1.807, 2.05) is 30.3 Å². The zero-order valence-corrected chi connectivity index (χ0v) is 14.4. The molecule has 0 unspecified atom stereocenters. The smallest absolute Gasteiger partial charge is 0.337 e. The fourth-order valence-electron chi connectivity index (χ4n) is 2.52. The number of para-hydroxylation sites is 1. The second kappa shape index (κ2) is 6.82. The number of hydrogen-bond donors (Lipinski definition) is 4. The lowest BCUT2D eigenvalue weighted by Gasteiger charge is -1.92. The minimum absolute atomic E-state index is 0.308. The summed E-state index contributed by atoms with van der Waals surface area (Å²) in [4.78, 5) is 27.2. The van der Waals surface area contributed by atoms with Crippen molar-refractivity contribution in [2.45, 2.75) is 0 Å². The van der Waals surface area contributed by atoms with Gasteiger partial charge in [-0.3, -0.25) is 0 Å². The van der Waals surface area contributed by atoms with Gasteiger partial charge in [-0.1, -0.05) is 40.2 Å². The van der Waals surface area contributed by atoms with Crippen LogP contribution in [0.25, 0.3) is 21.8 Å². The molecule has 2 aromatic carbocycles. The predicted octanol–water partition coefficient (Wildman–Crippen LogP) is 4.49. The van der Waals surface area contributed by atoms with Crippen molar-refractivity contribution >= 4 is 49.7 Å². The number of fused-ring (bicyclic) bond motifs is 2. The van der Waals surface area contributed by atoms with Gasteiger partial charge < -0.3 is 20.2 Å². The fourth-order valence-corrected chi connectivity index (χ4v) is 2.88. The van der Waals surface area contributed by atoms with Crippen LogP contribution in [0.2, 0.25) is 0 Å². The molecule has 2 aromatic heterocycles. The van der Waals surface area contributed by atoms with Crippen molar-refractivity contribution in [2.24, 2.45) is 0 Å². The highest BCUT2D eigenvalue weighted by Gasteiger charge is 2.09. The number of carboxylic acid groups (broad SMARTS) is 2. The van der Waals surface area contributed by atoms with Crippen LogP contribution in [0.5, 0.6) is 0 Å². The van der Waals surface area contributed by atoms with Gasteiger partial charge in [0.2, 0.25) is 0 Å². The van der Waals surface area contributed by atoms with Gasteiger partial charge in [0, 0.05) is 38.7 Å². The summed E-state index contributed by atoms with van der Waals surface area (Å²) in [6.45, 7) is 0. The Bertz CT molecular complexity index is 1080. The van der Waals surface area contributed by atoms with E-state index >= 15 is 0 Å². The molecule has 4 rings (SSSR count). The molecule has 0 saturated heterocycles. The van der Waals surface area contributed by atoms with Crippen LogP contribution in [0.15, 0.2) is 59.3 Å². The topological polar surface area (TPSA) is 106 Å². The van der Waals surface area contributed by atoms with Gasteiger partial charge in [-0.2, -0.15) is 0 Å². The van der Waals surface area contributed by atoms with E-state index in [0.717, 1.165) is 26.3 Å². The molecule has 2 heterocycles. The first-order chi connectivity index (χ1) is 12.0. The predicted molar refractivity (Wildman–Crippen MR) is 98.2 cm³/mol. The van der Waals surface area contributed by atoms with Gasteiger partial charge in [-0.25, -0.2) is 9.59 Å². The van der Waals surface area contributed by atoms with E-state index < -0.39 is 11.9 Å². The lowest BCUT2D eigenvalue weighted by atomic mass is 10.2. The molecule has 0 aliphatic heterocycles. The Morgan fingerprint density at radius 2 is 1.36 bits per heavy atom. The first kappa shape index (κ1) is 16.8. The molecule has 6 nitrogen and oxygen atoms in total. The van der Waals surface area contributed by atoms with Gasteiger partial charge in [0.15, 0.2) is 0 Å². The second-order valence-corrected chi connectivity index (χ2v) is 6.17. The van der Waals surface area contributed by atoms with Gasteiger partial charge in [-0.05, 0) is 18.2 Å². The van der Waals surface area contributed by atoms with E-state index in [1.165, 1.54) is 12.4 Å². The Balaban J connectivity index is 0.000000146. The van der Waals surface area contributed by atoms with Gasteiger partial charge in [0.1, 0.15) is 0 Å². The average molecular weight is 401 g/mol. The van der Waals surface area contributed by atoms with E-state index in [9.17, 15) is 9.59 Å². The first-order valence-electron chi connectivity index (χ1n) is 7.26. The maximum Gasteiger partial charge on any atom is 0.337 e. The second-order valence-electron chi connectivity index (χ2n) is 5.25. The number of rotatable bonds is 2. The van der Waals surface area contributed by atoms with Gasteiger partial charge >= 0.3 is 11.9 Å². The first-order valence-corrected chi connectivity index (χ1v) is 8.06. The maximum absolute atomic E-state index is 10.7. The SMILES string of the molecule is O=C(O)c1c[nH]c2cc(Br)ccc12.O=C(O)c1c[nH]c2ccccc12. The van der Waals surface area contributed by atoms with Crippen molar-refractivity contribution in [1.29, 1.82) is 0 Å². The molecular formula is C18H13BrN2O4. The molecule has 126 valence electrons. The monoisotopic (exact) mass is 400 g/mol. The molecule has 0 aliphatic carbocycles. The molecule has 0 amide bonds. The van der Waals surface area contributed by atoms with Crippen LogP contribution in [0, 0.1) is 0 Å². The van der Waals surface area contributed by atoms with Crippen LogP contribution in [-0.4, -0.2) is 32.1 Å². The summed E-state index contributed by atoms with van der Waals surface area (Å²) < 4.78 is 0.929. The fraction of sp³-hybridized carbons (Fsp3) is 0. The number of aromatic nitrogens is 2. The standard InChI is InChI=1S/C9H6BrNO2.C9H7NO2/c10-5-1-2-6-7(9(12)13)4-11-8(6)3-5;11-9(12)7-5-10-8-4-2-1-3-6(7)8/h1-4,11H,(H,12,13);1-5,10H,(H,11,12). The summed E-state index contributed by atoms with van der Waals surface area (Å²) in [6, 6.07) is 12.8. The largest absolute Gasteiger partial charge is 0.478 e. The molecule has 0 atom stereocenters. The van der Waals surface area contributed by atoms with Crippen molar-refractivity contribution in [3.63, 3.8) is 0 Å². The van der Waals surface area contributed by atoms with Gasteiger partial charge in [0.25, 0.3) is 0 Å².